The van der Waals surface area contributed by atoms with Crippen molar-refractivity contribution in [1.82, 2.24) is 5.32 Å². The fourth-order valence-corrected chi connectivity index (χ4v) is 2.97. The van der Waals surface area contributed by atoms with Gasteiger partial charge < -0.3 is 4.74 Å². The van der Waals surface area contributed by atoms with Gasteiger partial charge in [0.05, 0.1) is 23.0 Å². The predicted molar refractivity (Wildman–Crippen MR) is 47.2 cm³/mol. The Hall–Kier alpha value is -1.16. The standard InChI is InChI=1S/C10H11NO3/c1-9-3-4-10(2,14-9)6-5(9)7(12)11-8(6)13/h3-6H,1-2H3,(H,11,12,13)/t5-,6-,9-,10+/m0/s1. The van der Waals surface area contributed by atoms with Gasteiger partial charge in [-0.05, 0) is 13.8 Å². The van der Waals surface area contributed by atoms with E-state index in [0.717, 1.165) is 0 Å². The number of imide groups is 1. The highest BCUT2D eigenvalue weighted by Gasteiger charge is 2.68. The van der Waals surface area contributed by atoms with Crippen molar-refractivity contribution < 1.29 is 14.3 Å². The molecule has 0 aliphatic carbocycles. The first-order valence-corrected chi connectivity index (χ1v) is 4.72. The van der Waals surface area contributed by atoms with E-state index in [2.05, 4.69) is 5.32 Å². The molecule has 2 amide bonds. The van der Waals surface area contributed by atoms with E-state index >= 15 is 0 Å². The number of carbonyl (C=O) groups excluding carboxylic acids is 2. The Labute approximate surface area is 81.3 Å². The summed E-state index contributed by atoms with van der Waals surface area (Å²) in [5, 5.41) is 2.37. The van der Waals surface area contributed by atoms with Crippen molar-refractivity contribution in [2.24, 2.45) is 11.8 Å². The van der Waals surface area contributed by atoms with E-state index in [-0.39, 0.29) is 23.7 Å². The summed E-state index contributed by atoms with van der Waals surface area (Å²) in [6.45, 7) is 3.72. The van der Waals surface area contributed by atoms with Crippen molar-refractivity contribution in [3.05, 3.63) is 12.2 Å². The molecule has 3 aliphatic heterocycles. The summed E-state index contributed by atoms with van der Waals surface area (Å²) in [5.41, 5.74) is -1.18. The average molecular weight is 193 g/mol. The molecule has 0 radical (unpaired) electrons. The number of hydrogen-bond acceptors (Lipinski definition) is 3. The molecule has 0 aromatic carbocycles. The lowest BCUT2D eigenvalue weighted by molar-refractivity contribution is -0.132. The molecule has 2 fully saturated rings. The SMILES string of the molecule is C[C@]12C=C[C@](C)(O1)[C@@H]1C(=O)NC(=O)[C@H]12. The van der Waals surface area contributed by atoms with Crippen LogP contribution in [0.2, 0.25) is 0 Å². The molecule has 3 heterocycles. The van der Waals surface area contributed by atoms with Gasteiger partial charge in [-0.1, -0.05) is 12.2 Å². The molecule has 0 spiro atoms. The molecule has 0 aromatic rings. The maximum atomic E-state index is 11.6. The Morgan fingerprint density at radius 2 is 1.57 bits per heavy atom. The van der Waals surface area contributed by atoms with Gasteiger partial charge in [-0.25, -0.2) is 0 Å². The molecule has 4 nitrogen and oxygen atoms in total. The second-order valence-electron chi connectivity index (χ2n) is 4.61. The Kier molecular flexibility index (Phi) is 1.13. The molecule has 1 N–H and O–H groups in total. The molecule has 74 valence electrons. The van der Waals surface area contributed by atoms with Crippen molar-refractivity contribution in [2.45, 2.75) is 25.0 Å². The number of carbonyl (C=O) groups is 2. The summed E-state index contributed by atoms with van der Waals surface area (Å²) in [7, 11) is 0. The molecule has 14 heavy (non-hydrogen) atoms. The molecule has 0 aromatic heterocycles. The summed E-state index contributed by atoms with van der Waals surface area (Å²) in [6, 6.07) is 0. The lowest BCUT2D eigenvalue weighted by Crippen LogP contribution is -2.36. The number of fused-ring (bicyclic) bond motifs is 5. The van der Waals surface area contributed by atoms with Crippen LogP contribution in [0.5, 0.6) is 0 Å². The minimum Gasteiger partial charge on any atom is -0.359 e. The zero-order chi connectivity index (χ0) is 10.1. The van der Waals surface area contributed by atoms with Gasteiger partial charge in [0.25, 0.3) is 0 Å². The van der Waals surface area contributed by atoms with E-state index in [9.17, 15) is 9.59 Å². The van der Waals surface area contributed by atoms with Gasteiger partial charge in [0.1, 0.15) is 0 Å². The van der Waals surface area contributed by atoms with Crippen LogP contribution in [0.1, 0.15) is 13.8 Å². The van der Waals surface area contributed by atoms with E-state index < -0.39 is 11.2 Å². The smallest absolute Gasteiger partial charge is 0.233 e. The summed E-state index contributed by atoms with van der Waals surface area (Å²) >= 11 is 0. The van der Waals surface area contributed by atoms with Gasteiger partial charge in [0.2, 0.25) is 11.8 Å². The van der Waals surface area contributed by atoms with Crippen molar-refractivity contribution in [2.75, 3.05) is 0 Å². The Morgan fingerprint density at radius 3 is 2.00 bits per heavy atom. The van der Waals surface area contributed by atoms with Crippen LogP contribution in [-0.4, -0.2) is 23.0 Å². The number of amides is 2. The van der Waals surface area contributed by atoms with Gasteiger partial charge in [0, 0.05) is 0 Å². The third-order valence-electron chi connectivity index (χ3n) is 3.56. The molecular formula is C10H11NO3. The maximum Gasteiger partial charge on any atom is 0.233 e. The van der Waals surface area contributed by atoms with Crippen LogP contribution >= 0.6 is 0 Å². The lowest BCUT2D eigenvalue weighted by atomic mass is 9.73. The molecule has 0 saturated carbocycles. The minimum absolute atomic E-state index is 0.199. The van der Waals surface area contributed by atoms with Gasteiger partial charge in [0.15, 0.2) is 0 Å². The number of hydrogen-bond donors (Lipinski definition) is 1. The number of rotatable bonds is 0. The van der Waals surface area contributed by atoms with Gasteiger partial charge in [-0.15, -0.1) is 0 Å². The first-order valence-electron chi connectivity index (χ1n) is 4.72. The van der Waals surface area contributed by atoms with Gasteiger partial charge in [-0.2, -0.15) is 0 Å². The van der Waals surface area contributed by atoms with Crippen LogP contribution in [0, 0.1) is 11.8 Å². The molecule has 2 bridgehead atoms. The summed E-state index contributed by atoms with van der Waals surface area (Å²) in [6.07, 6.45) is 3.79. The molecule has 4 atom stereocenters. The quantitative estimate of drug-likeness (QED) is 0.435. The van der Waals surface area contributed by atoms with Crippen molar-refractivity contribution in [3.63, 3.8) is 0 Å². The number of ether oxygens (including phenoxy) is 1. The largest absolute Gasteiger partial charge is 0.359 e. The van der Waals surface area contributed by atoms with Gasteiger partial charge >= 0.3 is 0 Å². The van der Waals surface area contributed by atoms with Crippen LogP contribution in [0.4, 0.5) is 0 Å². The lowest BCUT2D eigenvalue weighted by Gasteiger charge is -2.22. The van der Waals surface area contributed by atoms with E-state index in [1.54, 1.807) is 0 Å². The van der Waals surface area contributed by atoms with Crippen molar-refractivity contribution in [3.8, 4) is 0 Å². The first kappa shape index (κ1) is 8.17. The van der Waals surface area contributed by atoms with E-state index in [1.165, 1.54) is 0 Å². The zero-order valence-electron chi connectivity index (χ0n) is 8.03. The highest BCUT2D eigenvalue weighted by molar-refractivity contribution is 6.07. The molecular weight excluding hydrogens is 182 g/mol. The highest BCUT2D eigenvalue weighted by Crippen LogP contribution is 2.55. The Balaban J connectivity index is 2.18. The summed E-state index contributed by atoms with van der Waals surface area (Å²) in [5.74, 6) is -1.08. The van der Waals surface area contributed by atoms with Crippen LogP contribution in [-0.2, 0) is 14.3 Å². The van der Waals surface area contributed by atoms with E-state index in [0.29, 0.717) is 0 Å². The van der Waals surface area contributed by atoms with Crippen LogP contribution < -0.4 is 5.32 Å². The third kappa shape index (κ3) is 0.661. The fourth-order valence-electron chi connectivity index (χ4n) is 2.97. The highest BCUT2D eigenvalue weighted by atomic mass is 16.5. The molecule has 0 unspecified atom stereocenters. The predicted octanol–water partition coefficient (Wildman–Crippen LogP) is -0.00740. The molecule has 2 saturated heterocycles. The third-order valence-corrected chi connectivity index (χ3v) is 3.56. The van der Waals surface area contributed by atoms with E-state index in [1.807, 2.05) is 26.0 Å². The van der Waals surface area contributed by atoms with Gasteiger partial charge in [-0.3, -0.25) is 14.9 Å². The Bertz CT molecular complexity index is 355. The minimum atomic E-state index is -0.588. The Morgan fingerprint density at radius 1 is 1.14 bits per heavy atom. The van der Waals surface area contributed by atoms with Crippen molar-refractivity contribution >= 4 is 11.8 Å². The molecule has 4 heteroatoms. The first-order chi connectivity index (χ1) is 6.46. The zero-order valence-corrected chi connectivity index (χ0v) is 8.03. The maximum absolute atomic E-state index is 11.6. The topological polar surface area (TPSA) is 55.4 Å². The summed E-state index contributed by atoms with van der Waals surface area (Å²) in [4.78, 5) is 23.1. The van der Waals surface area contributed by atoms with E-state index in [4.69, 9.17) is 4.74 Å². The van der Waals surface area contributed by atoms with Crippen LogP contribution in [0.25, 0.3) is 0 Å². The van der Waals surface area contributed by atoms with Crippen molar-refractivity contribution in [1.29, 1.82) is 0 Å². The van der Waals surface area contributed by atoms with Crippen LogP contribution in [0.3, 0.4) is 0 Å². The second-order valence-corrected chi connectivity index (χ2v) is 4.61. The van der Waals surface area contributed by atoms with Crippen LogP contribution in [0.15, 0.2) is 12.2 Å². The average Bonchev–Trinajstić information content (AvgIpc) is 2.60. The number of nitrogens with one attached hydrogen (secondary N) is 1. The second kappa shape index (κ2) is 1.93. The molecule has 3 aliphatic rings. The fraction of sp³-hybridized carbons (Fsp3) is 0.600. The monoisotopic (exact) mass is 193 g/mol. The normalized spacial score (nSPS) is 53.9. The summed E-state index contributed by atoms with van der Waals surface area (Å²) < 4.78 is 5.76. The molecule has 3 rings (SSSR count).